The minimum atomic E-state index is -0.687. The highest BCUT2D eigenvalue weighted by Gasteiger charge is 2.55. The number of benzene rings is 3. The number of fused-ring (bicyclic) bond motifs is 3. The second kappa shape index (κ2) is 16.3. The molecule has 0 radical (unpaired) electrons. The van der Waals surface area contributed by atoms with Gasteiger partial charge < -0.3 is 39.9 Å². The van der Waals surface area contributed by atoms with E-state index in [-0.39, 0.29) is 47.2 Å². The smallest absolute Gasteiger partial charge is 0.407 e. The fourth-order valence-electron chi connectivity index (χ4n) is 10.2. The zero-order chi connectivity index (χ0) is 43.4. The summed E-state index contributed by atoms with van der Waals surface area (Å²) in [5.74, 6) is 1.45. The number of ether oxygens (including phenoxy) is 2. The molecule has 6 atom stereocenters. The minimum Gasteiger partial charge on any atom is -0.453 e. The van der Waals surface area contributed by atoms with Gasteiger partial charge in [0, 0.05) is 18.2 Å². The number of imidazole rings is 2. The van der Waals surface area contributed by atoms with Gasteiger partial charge in [0.25, 0.3) is 0 Å². The number of aromatic nitrogens is 4. The zero-order valence-corrected chi connectivity index (χ0v) is 36.2. The molecule has 0 unspecified atom stereocenters. The maximum atomic E-state index is 14.0. The van der Waals surface area contributed by atoms with Gasteiger partial charge in [0.15, 0.2) is 0 Å². The number of piperidine rings is 1. The van der Waals surface area contributed by atoms with Crippen LogP contribution in [0.2, 0.25) is 0 Å². The lowest BCUT2D eigenvalue weighted by atomic mass is 9.95. The predicted molar refractivity (Wildman–Crippen MR) is 234 cm³/mol. The molecule has 9 rings (SSSR count). The van der Waals surface area contributed by atoms with Gasteiger partial charge in [-0.05, 0) is 101 Å². The van der Waals surface area contributed by atoms with Gasteiger partial charge in [-0.2, -0.15) is 0 Å². The number of aromatic amines is 2. The third-order valence-electron chi connectivity index (χ3n) is 13.8. The van der Waals surface area contributed by atoms with Crippen LogP contribution >= 0.6 is 0 Å². The van der Waals surface area contributed by atoms with E-state index in [1.54, 1.807) is 0 Å². The molecule has 5 aromatic rings. The van der Waals surface area contributed by atoms with Crippen molar-refractivity contribution in [2.75, 3.05) is 20.8 Å². The van der Waals surface area contributed by atoms with Crippen LogP contribution in [0.4, 0.5) is 9.59 Å². The number of alkyl carbamates (subject to hydrolysis) is 2. The van der Waals surface area contributed by atoms with Crippen molar-refractivity contribution in [1.29, 1.82) is 0 Å². The molecule has 4 heterocycles. The van der Waals surface area contributed by atoms with Crippen LogP contribution in [0, 0.1) is 23.2 Å². The number of rotatable bonds is 11. The number of methoxy groups -OCH3 is 2. The number of carbonyl (C=O) groups is 4. The summed E-state index contributed by atoms with van der Waals surface area (Å²) in [5, 5.41) is 7.73. The third-order valence-corrected chi connectivity index (χ3v) is 13.8. The van der Waals surface area contributed by atoms with E-state index in [1.165, 1.54) is 14.2 Å². The van der Waals surface area contributed by atoms with Gasteiger partial charge in [0.2, 0.25) is 11.8 Å². The molecule has 4 aliphatic rings. The highest BCUT2D eigenvalue weighted by atomic mass is 16.5. The molecule has 14 heteroatoms. The third kappa shape index (κ3) is 7.68. The van der Waals surface area contributed by atoms with Crippen molar-refractivity contribution >= 4 is 34.8 Å². The van der Waals surface area contributed by atoms with Crippen molar-refractivity contribution < 1.29 is 28.7 Å². The summed E-state index contributed by atoms with van der Waals surface area (Å²) in [6, 6.07) is 19.7. The molecule has 4 N–H and O–H groups in total. The van der Waals surface area contributed by atoms with E-state index in [9.17, 15) is 19.2 Å². The lowest BCUT2D eigenvalue weighted by Gasteiger charge is -2.37. The van der Waals surface area contributed by atoms with Crippen LogP contribution in [-0.2, 0) is 19.1 Å². The Morgan fingerprint density at radius 2 is 1.26 bits per heavy atom. The highest BCUT2D eigenvalue weighted by Crippen LogP contribution is 2.58. The van der Waals surface area contributed by atoms with Gasteiger partial charge in [0.05, 0.1) is 50.1 Å². The van der Waals surface area contributed by atoms with Crippen molar-refractivity contribution in [2.45, 2.75) is 96.4 Å². The van der Waals surface area contributed by atoms with Crippen molar-refractivity contribution in [1.82, 2.24) is 40.4 Å². The predicted octanol–water partition coefficient (Wildman–Crippen LogP) is 8.15. The highest BCUT2D eigenvalue weighted by molar-refractivity contribution is 5.91. The SMILES string of the molecule is COC(=O)N[C@H](C(=O)N1CC2(CC2)C[C@H]1c1ncc(-c2ccc3cc(-c4ccc(-c5cnc([C@@H]6[C@@H]7CC[C@H](C7)N6C(=O)[C@@H](NC(=O)OC)C(C)C)[nH]5)cc4)ccc3c2)[nH]1)C(C)C. The van der Waals surface area contributed by atoms with Crippen LogP contribution in [0.1, 0.15) is 90.0 Å². The molecular formula is C48H56N8O6. The molecule has 2 aliphatic carbocycles. The second-order valence-electron chi connectivity index (χ2n) is 18.5. The number of carbonyl (C=O) groups excluding carboxylic acids is 4. The van der Waals surface area contributed by atoms with E-state index in [4.69, 9.17) is 19.4 Å². The van der Waals surface area contributed by atoms with Crippen molar-refractivity contribution in [3.63, 3.8) is 0 Å². The zero-order valence-electron chi connectivity index (χ0n) is 36.2. The first-order valence-electron chi connectivity index (χ1n) is 21.9. The lowest BCUT2D eigenvalue weighted by molar-refractivity contribution is -0.139. The van der Waals surface area contributed by atoms with E-state index < -0.39 is 24.3 Å². The number of nitrogens with one attached hydrogen (secondary N) is 4. The quantitative estimate of drug-likeness (QED) is 0.103. The first kappa shape index (κ1) is 41.2. The van der Waals surface area contributed by atoms with E-state index >= 15 is 0 Å². The second-order valence-corrected chi connectivity index (χ2v) is 18.5. The Kier molecular flexibility index (Phi) is 10.8. The van der Waals surface area contributed by atoms with Crippen LogP contribution in [-0.4, -0.2) is 92.6 Å². The van der Waals surface area contributed by atoms with E-state index in [2.05, 4.69) is 81.3 Å². The summed E-state index contributed by atoms with van der Waals surface area (Å²) in [6.45, 7) is 8.37. The first-order chi connectivity index (χ1) is 29.8. The van der Waals surface area contributed by atoms with Crippen molar-refractivity contribution in [3.8, 4) is 33.6 Å². The number of H-pyrrole nitrogens is 2. The topological polar surface area (TPSA) is 175 Å². The fourth-order valence-corrected chi connectivity index (χ4v) is 10.2. The van der Waals surface area contributed by atoms with Crippen LogP contribution in [0.15, 0.2) is 73.1 Å². The van der Waals surface area contributed by atoms with Crippen LogP contribution in [0.25, 0.3) is 44.4 Å². The summed E-state index contributed by atoms with van der Waals surface area (Å²) in [5.41, 5.74) is 6.09. The average molecular weight is 841 g/mol. The van der Waals surface area contributed by atoms with E-state index in [0.717, 1.165) is 94.6 Å². The molecule has 2 aliphatic heterocycles. The number of amides is 4. The Bertz CT molecular complexity index is 2510. The van der Waals surface area contributed by atoms with E-state index in [0.29, 0.717) is 12.5 Å². The normalized spacial score (nSPS) is 22.1. The molecule has 2 saturated carbocycles. The molecule has 2 saturated heterocycles. The number of nitrogens with zero attached hydrogens (tertiary/aromatic N) is 4. The fraction of sp³-hybridized carbons (Fsp3) is 0.458. The van der Waals surface area contributed by atoms with Crippen molar-refractivity contribution in [3.05, 3.63) is 84.7 Å². The minimum absolute atomic E-state index is 0.0907. The average Bonchev–Trinajstić information content (AvgIpc) is 3.91. The van der Waals surface area contributed by atoms with Crippen LogP contribution < -0.4 is 10.6 Å². The summed E-state index contributed by atoms with van der Waals surface area (Å²) >= 11 is 0. The Morgan fingerprint density at radius 1 is 0.710 bits per heavy atom. The molecule has 62 heavy (non-hydrogen) atoms. The summed E-state index contributed by atoms with van der Waals surface area (Å²) in [7, 11) is 2.62. The van der Waals surface area contributed by atoms with Crippen molar-refractivity contribution in [2.24, 2.45) is 23.2 Å². The molecule has 4 amide bonds. The maximum Gasteiger partial charge on any atom is 0.407 e. The van der Waals surface area contributed by atoms with E-state index in [1.807, 2.05) is 49.9 Å². The van der Waals surface area contributed by atoms with Crippen LogP contribution in [0.5, 0.6) is 0 Å². The van der Waals surface area contributed by atoms with Gasteiger partial charge >= 0.3 is 12.2 Å². The van der Waals surface area contributed by atoms with Gasteiger partial charge in [-0.15, -0.1) is 0 Å². The lowest BCUT2D eigenvalue weighted by Crippen LogP contribution is -2.54. The Labute approximate surface area is 361 Å². The molecule has 2 aromatic heterocycles. The molecule has 3 aromatic carbocycles. The van der Waals surface area contributed by atoms with Gasteiger partial charge in [-0.1, -0.05) is 76.2 Å². The Balaban J connectivity index is 0.893. The Hall–Kier alpha value is -6.18. The number of likely N-dealkylation sites (tertiary alicyclic amines) is 2. The summed E-state index contributed by atoms with van der Waals surface area (Å²) in [4.78, 5) is 72.7. The summed E-state index contributed by atoms with van der Waals surface area (Å²) in [6.07, 6.45) is 8.43. The molecule has 1 spiro atoms. The van der Waals surface area contributed by atoms with Gasteiger partial charge in [0.1, 0.15) is 23.7 Å². The van der Waals surface area contributed by atoms with Crippen LogP contribution in [0.3, 0.4) is 0 Å². The monoisotopic (exact) mass is 840 g/mol. The Morgan fingerprint density at radius 3 is 1.89 bits per heavy atom. The summed E-state index contributed by atoms with van der Waals surface area (Å²) < 4.78 is 9.65. The standard InChI is InChI=1S/C48H56N8O6/c1-26(2)39(53-46(59)61-5)44(57)55-25-48(17-18-48)22-38(55)42-49-24-37(51-42)33-14-13-31-19-30(11-12-32(31)20-33)28-7-9-29(10-8-28)36-23-50-43(52-36)41-34-15-16-35(21-34)56(41)45(58)40(27(3)4)54-47(60)62-6/h7-14,19-20,23-24,26-27,34-35,38-41H,15-18,21-22,25H2,1-6H3,(H,49,51)(H,50,52)(H,53,59)(H,54,60)/t34-,35-,38+,39+,40+,41+/m1/s1. The molecular weight excluding hydrogens is 785 g/mol. The molecule has 324 valence electrons. The molecule has 14 nitrogen and oxygen atoms in total. The van der Waals surface area contributed by atoms with Gasteiger partial charge in [-0.3, -0.25) is 9.59 Å². The first-order valence-corrected chi connectivity index (χ1v) is 21.9. The number of hydrogen-bond donors (Lipinski definition) is 4. The number of hydrogen-bond acceptors (Lipinski definition) is 8. The largest absolute Gasteiger partial charge is 0.453 e. The molecule has 4 fully saturated rings. The van der Waals surface area contributed by atoms with Gasteiger partial charge in [-0.25, -0.2) is 19.6 Å². The molecule has 2 bridgehead atoms. The maximum absolute atomic E-state index is 14.0.